The third kappa shape index (κ3) is 2.01. The lowest BCUT2D eigenvalue weighted by atomic mass is 10.4. The molecule has 0 amide bonds. The van der Waals surface area contributed by atoms with Crippen molar-refractivity contribution in [3.63, 3.8) is 0 Å². The highest BCUT2D eigenvalue weighted by Gasteiger charge is 1.91. The smallest absolute Gasteiger partial charge is 0.127 e. The van der Waals surface area contributed by atoms with Crippen LogP contribution in [0.4, 0.5) is 0 Å². The minimum atomic E-state index is 0.0400. The molecule has 0 radical (unpaired) electrons. The number of hydrogen-bond acceptors (Lipinski definition) is 2. The molecule has 10 heavy (non-hydrogen) atoms. The van der Waals surface area contributed by atoms with Gasteiger partial charge >= 0.3 is 0 Å². The summed E-state index contributed by atoms with van der Waals surface area (Å²) in [5, 5.41) is 8.39. The molecule has 1 rings (SSSR count). The quantitative estimate of drug-likeness (QED) is 0.797. The van der Waals surface area contributed by atoms with Gasteiger partial charge in [0.25, 0.3) is 0 Å². The molecule has 54 valence electrons. The number of hydrogen-bond donors (Lipinski definition) is 1. The fraction of sp³-hybridized carbons (Fsp3) is 0.143. The lowest BCUT2D eigenvalue weighted by molar-refractivity contribution is 0.343. The molecule has 1 aromatic heterocycles. The number of furan rings is 1. The molecule has 1 aromatic rings. The fourth-order valence-electron chi connectivity index (χ4n) is 0.585. The first kappa shape index (κ1) is 7.57. The second-order valence-electron chi connectivity index (χ2n) is 1.75. The highest BCUT2D eigenvalue weighted by molar-refractivity contribution is 9.10. The van der Waals surface area contributed by atoms with Crippen molar-refractivity contribution in [1.29, 1.82) is 0 Å². The summed E-state index contributed by atoms with van der Waals surface area (Å²) in [6.07, 6.45) is 4.92. The maximum atomic E-state index is 8.39. The molecule has 3 heteroatoms. The van der Waals surface area contributed by atoms with Crippen molar-refractivity contribution < 1.29 is 9.52 Å². The van der Waals surface area contributed by atoms with E-state index in [1.165, 1.54) is 0 Å². The van der Waals surface area contributed by atoms with Crippen LogP contribution in [0.15, 0.2) is 27.3 Å². The van der Waals surface area contributed by atoms with E-state index >= 15 is 0 Å². The second-order valence-corrected chi connectivity index (χ2v) is 2.67. The van der Waals surface area contributed by atoms with Crippen molar-refractivity contribution in [2.45, 2.75) is 0 Å². The predicted octanol–water partition coefficient (Wildman–Crippen LogP) is 2.05. The molecule has 0 saturated heterocycles. The minimum Gasteiger partial charge on any atom is -0.464 e. The monoisotopic (exact) mass is 202 g/mol. The zero-order valence-electron chi connectivity index (χ0n) is 5.25. The van der Waals surface area contributed by atoms with Crippen molar-refractivity contribution >= 4 is 22.0 Å². The summed E-state index contributed by atoms with van der Waals surface area (Å²) >= 11 is 3.23. The average molecular weight is 203 g/mol. The molecule has 0 atom stereocenters. The van der Waals surface area contributed by atoms with Gasteiger partial charge in [-0.2, -0.15) is 0 Å². The summed E-state index contributed by atoms with van der Waals surface area (Å²) in [5.41, 5.74) is 0. The SMILES string of the molecule is OC/C=C/c1cc(Br)co1. The molecular weight excluding hydrogens is 196 g/mol. The van der Waals surface area contributed by atoms with Crippen molar-refractivity contribution in [2.75, 3.05) is 6.61 Å². The topological polar surface area (TPSA) is 33.4 Å². The maximum Gasteiger partial charge on any atom is 0.127 e. The third-order valence-corrected chi connectivity index (χ3v) is 1.39. The third-order valence-electron chi connectivity index (χ3n) is 0.975. The fourth-order valence-corrected chi connectivity index (χ4v) is 0.904. The van der Waals surface area contributed by atoms with Crippen LogP contribution in [0.5, 0.6) is 0 Å². The Balaban J connectivity index is 2.67. The van der Waals surface area contributed by atoms with E-state index < -0.39 is 0 Å². The summed E-state index contributed by atoms with van der Waals surface area (Å²) in [7, 11) is 0. The Kier molecular flexibility index (Phi) is 2.71. The summed E-state index contributed by atoms with van der Waals surface area (Å²) in [6.45, 7) is 0.0400. The van der Waals surface area contributed by atoms with E-state index in [-0.39, 0.29) is 6.61 Å². The first-order valence-electron chi connectivity index (χ1n) is 2.84. The number of aliphatic hydroxyl groups excluding tert-OH is 1. The molecule has 0 saturated carbocycles. The largest absolute Gasteiger partial charge is 0.464 e. The van der Waals surface area contributed by atoms with Gasteiger partial charge in [0, 0.05) is 0 Å². The summed E-state index contributed by atoms with van der Waals surface area (Å²) in [5.74, 6) is 0.737. The lowest BCUT2D eigenvalue weighted by Crippen LogP contribution is -1.69. The highest BCUT2D eigenvalue weighted by Crippen LogP contribution is 2.14. The van der Waals surface area contributed by atoms with Gasteiger partial charge in [-0.1, -0.05) is 6.08 Å². The van der Waals surface area contributed by atoms with Gasteiger partial charge in [0.1, 0.15) is 12.0 Å². The molecule has 0 aliphatic rings. The number of aliphatic hydroxyl groups is 1. The summed E-state index contributed by atoms with van der Waals surface area (Å²) in [4.78, 5) is 0. The van der Waals surface area contributed by atoms with E-state index in [0.717, 1.165) is 10.2 Å². The zero-order valence-corrected chi connectivity index (χ0v) is 6.84. The maximum absolute atomic E-state index is 8.39. The van der Waals surface area contributed by atoms with Crippen molar-refractivity contribution in [2.24, 2.45) is 0 Å². The van der Waals surface area contributed by atoms with Crippen LogP contribution in [-0.4, -0.2) is 11.7 Å². The first-order chi connectivity index (χ1) is 4.83. The Morgan fingerprint density at radius 1 is 1.70 bits per heavy atom. The molecule has 0 aliphatic carbocycles. The van der Waals surface area contributed by atoms with Gasteiger partial charge in [-0.15, -0.1) is 0 Å². The van der Waals surface area contributed by atoms with Crippen LogP contribution in [0.2, 0.25) is 0 Å². The highest BCUT2D eigenvalue weighted by atomic mass is 79.9. The van der Waals surface area contributed by atoms with Crippen molar-refractivity contribution in [1.82, 2.24) is 0 Å². The summed E-state index contributed by atoms with van der Waals surface area (Å²) < 4.78 is 5.93. The molecule has 0 aromatic carbocycles. The first-order valence-corrected chi connectivity index (χ1v) is 3.63. The molecule has 1 N–H and O–H groups in total. The average Bonchev–Trinajstić information content (AvgIpc) is 2.31. The zero-order chi connectivity index (χ0) is 7.40. The van der Waals surface area contributed by atoms with E-state index in [1.807, 2.05) is 6.07 Å². The molecule has 2 nitrogen and oxygen atoms in total. The van der Waals surface area contributed by atoms with Crippen molar-refractivity contribution in [3.05, 3.63) is 28.6 Å². The van der Waals surface area contributed by atoms with Crippen LogP contribution < -0.4 is 0 Å². The van der Waals surface area contributed by atoms with Crippen LogP contribution in [0.25, 0.3) is 6.08 Å². The number of rotatable bonds is 2. The van der Waals surface area contributed by atoms with Gasteiger partial charge in [-0.25, -0.2) is 0 Å². The minimum absolute atomic E-state index is 0.0400. The van der Waals surface area contributed by atoms with Gasteiger partial charge in [0.2, 0.25) is 0 Å². The van der Waals surface area contributed by atoms with E-state index in [0.29, 0.717) is 0 Å². The van der Waals surface area contributed by atoms with E-state index in [4.69, 9.17) is 9.52 Å². The molecular formula is C7H7BrO2. The van der Waals surface area contributed by atoms with Gasteiger partial charge in [-0.3, -0.25) is 0 Å². The van der Waals surface area contributed by atoms with Gasteiger partial charge in [0.15, 0.2) is 0 Å². The van der Waals surface area contributed by atoms with Crippen LogP contribution in [0, 0.1) is 0 Å². The standard InChI is InChI=1S/C7H7BrO2/c8-6-4-7(10-5-6)2-1-3-9/h1-2,4-5,9H,3H2/b2-1+. The Labute approximate surface area is 67.3 Å². The van der Waals surface area contributed by atoms with Gasteiger partial charge in [0.05, 0.1) is 11.1 Å². The van der Waals surface area contributed by atoms with E-state index in [2.05, 4.69) is 15.9 Å². The Morgan fingerprint density at radius 2 is 2.50 bits per heavy atom. The Bertz CT molecular complexity index is 227. The second kappa shape index (κ2) is 3.58. The molecule has 0 aliphatic heterocycles. The van der Waals surface area contributed by atoms with Crippen LogP contribution in [0.3, 0.4) is 0 Å². The summed E-state index contributed by atoms with van der Waals surface area (Å²) in [6, 6.07) is 1.83. The van der Waals surface area contributed by atoms with E-state index in [9.17, 15) is 0 Å². The van der Waals surface area contributed by atoms with Gasteiger partial charge < -0.3 is 9.52 Å². The van der Waals surface area contributed by atoms with Crippen LogP contribution in [-0.2, 0) is 0 Å². The predicted molar refractivity (Wildman–Crippen MR) is 42.5 cm³/mol. The molecule has 0 fully saturated rings. The van der Waals surface area contributed by atoms with Crippen molar-refractivity contribution in [3.8, 4) is 0 Å². The molecule has 0 spiro atoms. The molecule has 0 bridgehead atoms. The van der Waals surface area contributed by atoms with Gasteiger partial charge in [-0.05, 0) is 28.1 Å². The van der Waals surface area contributed by atoms with Crippen LogP contribution in [0.1, 0.15) is 5.76 Å². The van der Waals surface area contributed by atoms with E-state index in [1.54, 1.807) is 18.4 Å². The normalized spacial score (nSPS) is 11.0. The Morgan fingerprint density at radius 3 is 3.00 bits per heavy atom. The number of halogens is 1. The lowest BCUT2D eigenvalue weighted by Gasteiger charge is -1.79. The molecule has 0 unspecified atom stereocenters. The Hall–Kier alpha value is -0.540. The van der Waals surface area contributed by atoms with Crippen LogP contribution >= 0.6 is 15.9 Å². The molecule has 1 heterocycles.